The molecule has 0 saturated heterocycles. The number of fused-ring (bicyclic) bond motifs is 3. The number of H-pyrrole nitrogens is 1. The molecule has 28 heavy (non-hydrogen) atoms. The number of rotatable bonds is 2. The summed E-state index contributed by atoms with van der Waals surface area (Å²) in [6, 6.07) is 15.4. The first-order valence-electron chi connectivity index (χ1n) is 9.08. The van der Waals surface area contributed by atoms with Gasteiger partial charge in [0, 0.05) is 18.2 Å². The van der Waals surface area contributed by atoms with E-state index in [-0.39, 0.29) is 23.1 Å². The van der Waals surface area contributed by atoms with E-state index in [1.54, 1.807) is 18.3 Å². The average Bonchev–Trinajstić information content (AvgIpc) is 3.06. The molecule has 138 valence electrons. The molecule has 1 aliphatic carbocycles. The predicted octanol–water partition coefficient (Wildman–Crippen LogP) is 3.77. The lowest BCUT2D eigenvalue weighted by atomic mass is 9.79. The summed E-state index contributed by atoms with van der Waals surface area (Å²) in [7, 11) is 0. The highest BCUT2D eigenvalue weighted by Crippen LogP contribution is 2.34. The molecule has 5 nitrogen and oxygen atoms in total. The quantitative estimate of drug-likeness (QED) is 0.582. The maximum Gasteiger partial charge on any atom is 0.281 e. The Hall–Kier alpha value is -3.54. The summed E-state index contributed by atoms with van der Waals surface area (Å²) in [6.07, 6.45) is 2.41. The van der Waals surface area contributed by atoms with Gasteiger partial charge in [0.15, 0.2) is 11.4 Å². The number of carbonyl (C=O) groups excluding carboxylic acids is 1. The lowest BCUT2D eigenvalue weighted by molar-refractivity contribution is 0.0964. The predicted molar refractivity (Wildman–Crippen MR) is 103 cm³/mol. The highest BCUT2D eigenvalue weighted by Gasteiger charge is 2.30. The van der Waals surface area contributed by atoms with Crippen molar-refractivity contribution in [2.24, 2.45) is 0 Å². The summed E-state index contributed by atoms with van der Waals surface area (Å²) in [4.78, 5) is 30.2. The fourth-order valence-corrected chi connectivity index (χ4v) is 3.97. The largest absolute Gasteiger partial charge is 0.294 e. The van der Waals surface area contributed by atoms with Gasteiger partial charge in [0.25, 0.3) is 5.56 Å². The number of Topliss-reactive ketones (excluding diaryl/α,β-unsaturated/α-hetero) is 1. The minimum atomic E-state index is -0.311. The molecule has 0 aliphatic heterocycles. The molecular weight excluding hydrogens is 357 g/mol. The van der Waals surface area contributed by atoms with Gasteiger partial charge in [0.05, 0.1) is 11.1 Å². The first kappa shape index (κ1) is 16.6. The third-order valence-corrected chi connectivity index (χ3v) is 5.36. The van der Waals surface area contributed by atoms with Crippen LogP contribution in [0.2, 0.25) is 0 Å². The van der Waals surface area contributed by atoms with Crippen LogP contribution in [0.5, 0.6) is 0 Å². The molecule has 1 aliphatic rings. The lowest BCUT2D eigenvalue weighted by Crippen LogP contribution is -2.22. The number of para-hydroxylation sites is 1. The molecule has 0 fully saturated rings. The number of nitrogens with zero attached hydrogens (tertiary/aromatic N) is 2. The standard InChI is InChI=1S/C22H16FN3O2/c23-15-8-6-13(7-9-15)14-10-17-18(19(27)11-14)12-24-21-20(17)22(28)26(25-21)16-4-2-1-3-5-16/h1-9,12,14H,10-11H2,(H,24,25)/t14-/m1/s1. The van der Waals surface area contributed by atoms with Crippen LogP contribution in [-0.2, 0) is 6.42 Å². The molecule has 1 N–H and O–H groups in total. The van der Waals surface area contributed by atoms with E-state index in [0.29, 0.717) is 40.7 Å². The zero-order valence-electron chi connectivity index (χ0n) is 14.9. The van der Waals surface area contributed by atoms with Crippen LogP contribution in [0.1, 0.15) is 33.8 Å². The normalized spacial score (nSPS) is 16.3. The zero-order valence-corrected chi connectivity index (χ0v) is 14.9. The van der Waals surface area contributed by atoms with Crippen molar-refractivity contribution in [1.82, 2.24) is 14.8 Å². The number of aromatic nitrogens is 3. The number of carbonyl (C=O) groups is 1. The number of halogens is 1. The van der Waals surface area contributed by atoms with E-state index in [9.17, 15) is 14.0 Å². The van der Waals surface area contributed by atoms with Gasteiger partial charge >= 0.3 is 0 Å². The first-order valence-corrected chi connectivity index (χ1v) is 9.08. The second-order valence-electron chi connectivity index (χ2n) is 7.04. The molecule has 0 unspecified atom stereocenters. The van der Waals surface area contributed by atoms with E-state index in [4.69, 9.17) is 0 Å². The Morgan fingerprint density at radius 2 is 1.75 bits per heavy atom. The molecule has 0 amide bonds. The van der Waals surface area contributed by atoms with Crippen LogP contribution in [0.25, 0.3) is 16.7 Å². The van der Waals surface area contributed by atoms with E-state index in [1.807, 2.05) is 30.3 Å². The van der Waals surface area contributed by atoms with Crippen LogP contribution < -0.4 is 5.56 Å². The Morgan fingerprint density at radius 3 is 2.50 bits per heavy atom. The van der Waals surface area contributed by atoms with Crippen molar-refractivity contribution in [1.29, 1.82) is 0 Å². The molecule has 0 spiro atoms. The minimum absolute atomic E-state index is 0.0446. The van der Waals surface area contributed by atoms with Crippen LogP contribution in [-0.4, -0.2) is 20.5 Å². The molecule has 2 aromatic heterocycles. The number of hydrogen-bond acceptors (Lipinski definition) is 3. The summed E-state index contributed by atoms with van der Waals surface area (Å²) in [5.74, 6) is -0.447. The van der Waals surface area contributed by atoms with Crippen molar-refractivity contribution in [3.8, 4) is 5.69 Å². The second kappa shape index (κ2) is 6.27. The topological polar surface area (TPSA) is 67.8 Å². The fraction of sp³-hybridized carbons (Fsp3) is 0.136. The van der Waals surface area contributed by atoms with Gasteiger partial charge in [-0.05, 0) is 47.7 Å². The summed E-state index contributed by atoms with van der Waals surface area (Å²) in [6.45, 7) is 0. The van der Waals surface area contributed by atoms with Crippen molar-refractivity contribution in [3.05, 3.63) is 93.7 Å². The number of ketones is 1. The smallest absolute Gasteiger partial charge is 0.281 e. The SMILES string of the molecule is O=C1C[C@H](c2ccc(F)cc2)Cc2c1cnc1[nH]n(-c3ccccc3)c(=O)c21. The average molecular weight is 373 g/mol. The Bertz CT molecular complexity index is 1260. The van der Waals surface area contributed by atoms with Crippen molar-refractivity contribution in [2.45, 2.75) is 18.8 Å². The van der Waals surface area contributed by atoms with Crippen LogP contribution >= 0.6 is 0 Å². The Labute approximate surface area is 159 Å². The molecule has 1 atom stereocenters. The maximum absolute atomic E-state index is 13.3. The maximum atomic E-state index is 13.3. The highest BCUT2D eigenvalue weighted by molar-refractivity contribution is 6.02. The summed E-state index contributed by atoms with van der Waals surface area (Å²) < 4.78 is 14.7. The van der Waals surface area contributed by atoms with Crippen molar-refractivity contribution < 1.29 is 9.18 Å². The van der Waals surface area contributed by atoms with Gasteiger partial charge in [-0.3, -0.25) is 14.7 Å². The highest BCUT2D eigenvalue weighted by atomic mass is 19.1. The fourth-order valence-electron chi connectivity index (χ4n) is 3.97. The van der Waals surface area contributed by atoms with Crippen molar-refractivity contribution in [3.63, 3.8) is 0 Å². The number of aromatic amines is 1. The Kier molecular flexibility index (Phi) is 3.72. The Balaban J connectivity index is 1.67. The lowest BCUT2D eigenvalue weighted by Gasteiger charge is -2.24. The zero-order chi connectivity index (χ0) is 19.3. The number of benzene rings is 2. The molecule has 0 radical (unpaired) electrons. The van der Waals surface area contributed by atoms with Crippen LogP contribution in [0.4, 0.5) is 4.39 Å². The molecule has 0 saturated carbocycles. The Morgan fingerprint density at radius 1 is 1.00 bits per heavy atom. The van der Waals surface area contributed by atoms with Gasteiger partial charge in [0.2, 0.25) is 0 Å². The van der Waals surface area contributed by atoms with Gasteiger partial charge in [-0.15, -0.1) is 0 Å². The van der Waals surface area contributed by atoms with E-state index >= 15 is 0 Å². The molecule has 6 heteroatoms. The summed E-state index contributed by atoms with van der Waals surface area (Å²) in [5, 5.41) is 3.49. The van der Waals surface area contributed by atoms with E-state index in [2.05, 4.69) is 10.1 Å². The van der Waals surface area contributed by atoms with Gasteiger partial charge in [0.1, 0.15) is 5.82 Å². The van der Waals surface area contributed by atoms with E-state index in [1.165, 1.54) is 16.8 Å². The summed E-state index contributed by atoms with van der Waals surface area (Å²) >= 11 is 0. The second-order valence-corrected chi connectivity index (χ2v) is 7.04. The molecule has 2 heterocycles. The van der Waals surface area contributed by atoms with Crippen LogP contribution in [0, 0.1) is 5.82 Å². The van der Waals surface area contributed by atoms with E-state index in [0.717, 1.165) is 5.56 Å². The minimum Gasteiger partial charge on any atom is -0.294 e. The summed E-state index contributed by atoms with van der Waals surface area (Å²) in [5.41, 5.74) is 3.05. The number of pyridine rings is 1. The van der Waals surface area contributed by atoms with Gasteiger partial charge in [-0.25, -0.2) is 14.1 Å². The molecule has 4 aromatic rings. The number of nitrogens with one attached hydrogen (secondary N) is 1. The molecular formula is C22H16FN3O2. The van der Waals surface area contributed by atoms with Crippen molar-refractivity contribution in [2.75, 3.05) is 0 Å². The monoisotopic (exact) mass is 373 g/mol. The van der Waals surface area contributed by atoms with Crippen LogP contribution in [0.3, 0.4) is 0 Å². The first-order chi connectivity index (χ1) is 13.6. The molecule has 5 rings (SSSR count). The van der Waals surface area contributed by atoms with Gasteiger partial charge in [-0.2, -0.15) is 0 Å². The molecule has 0 bridgehead atoms. The van der Waals surface area contributed by atoms with Crippen LogP contribution in [0.15, 0.2) is 65.6 Å². The van der Waals surface area contributed by atoms with Gasteiger partial charge in [-0.1, -0.05) is 30.3 Å². The van der Waals surface area contributed by atoms with Gasteiger partial charge < -0.3 is 0 Å². The number of hydrogen-bond donors (Lipinski definition) is 1. The van der Waals surface area contributed by atoms with Crippen molar-refractivity contribution >= 4 is 16.8 Å². The third kappa shape index (κ3) is 2.57. The van der Waals surface area contributed by atoms with E-state index < -0.39 is 0 Å². The third-order valence-electron chi connectivity index (χ3n) is 5.36. The molecule has 2 aromatic carbocycles.